The summed E-state index contributed by atoms with van der Waals surface area (Å²) in [5, 5.41) is 15.2. The largest absolute Gasteiger partial charge is 0.388 e. The standard InChI is InChI=1S/C16H24N2O3/c1-5-12(3)16(4,21)10-17-14(19)15(20)18-13-8-6-7-11(2)9-13/h6-9,12,21H,5,10H2,1-4H3,(H,17,19)(H,18,20)/t12-,16+/m1/s1. The molecule has 1 rings (SSSR count). The van der Waals surface area contributed by atoms with E-state index in [0.29, 0.717) is 5.69 Å². The third kappa shape index (κ3) is 5.19. The van der Waals surface area contributed by atoms with Gasteiger partial charge in [-0.05, 0) is 37.5 Å². The minimum Gasteiger partial charge on any atom is -0.388 e. The summed E-state index contributed by atoms with van der Waals surface area (Å²) in [5.74, 6) is -1.46. The summed E-state index contributed by atoms with van der Waals surface area (Å²) in [4.78, 5) is 23.5. The fraction of sp³-hybridized carbons (Fsp3) is 0.500. The van der Waals surface area contributed by atoms with E-state index in [0.717, 1.165) is 12.0 Å². The van der Waals surface area contributed by atoms with E-state index in [1.54, 1.807) is 25.1 Å². The molecule has 0 aliphatic heterocycles. The van der Waals surface area contributed by atoms with Crippen molar-refractivity contribution in [2.24, 2.45) is 5.92 Å². The third-order valence-electron chi connectivity index (χ3n) is 3.76. The maximum absolute atomic E-state index is 11.8. The van der Waals surface area contributed by atoms with Crippen molar-refractivity contribution in [3.8, 4) is 0 Å². The molecule has 0 aliphatic rings. The lowest BCUT2D eigenvalue weighted by Crippen LogP contribution is -2.47. The minimum absolute atomic E-state index is 0.0256. The van der Waals surface area contributed by atoms with Crippen molar-refractivity contribution >= 4 is 17.5 Å². The lowest BCUT2D eigenvalue weighted by atomic mass is 9.89. The molecule has 116 valence electrons. The summed E-state index contributed by atoms with van der Waals surface area (Å²) in [6.07, 6.45) is 0.790. The van der Waals surface area contributed by atoms with Gasteiger partial charge in [0.05, 0.1) is 5.60 Å². The molecule has 1 aromatic carbocycles. The molecular formula is C16H24N2O3. The van der Waals surface area contributed by atoms with Gasteiger partial charge in [0.2, 0.25) is 0 Å². The van der Waals surface area contributed by atoms with Crippen LogP contribution < -0.4 is 10.6 Å². The van der Waals surface area contributed by atoms with Crippen LogP contribution >= 0.6 is 0 Å². The van der Waals surface area contributed by atoms with Crippen LogP contribution in [0, 0.1) is 12.8 Å². The van der Waals surface area contributed by atoms with Crippen molar-refractivity contribution < 1.29 is 14.7 Å². The average molecular weight is 292 g/mol. The molecule has 0 bridgehead atoms. The van der Waals surface area contributed by atoms with E-state index in [4.69, 9.17) is 0 Å². The zero-order valence-corrected chi connectivity index (χ0v) is 13.1. The molecule has 0 aliphatic carbocycles. The van der Waals surface area contributed by atoms with Gasteiger partial charge in [0.15, 0.2) is 0 Å². The van der Waals surface area contributed by atoms with Gasteiger partial charge >= 0.3 is 11.8 Å². The fourth-order valence-corrected chi connectivity index (χ4v) is 1.86. The van der Waals surface area contributed by atoms with Gasteiger partial charge in [0, 0.05) is 12.2 Å². The topological polar surface area (TPSA) is 78.4 Å². The molecule has 0 saturated carbocycles. The number of nitrogens with one attached hydrogen (secondary N) is 2. The van der Waals surface area contributed by atoms with Crippen molar-refractivity contribution in [1.82, 2.24) is 5.32 Å². The quantitative estimate of drug-likeness (QED) is 0.725. The maximum Gasteiger partial charge on any atom is 0.313 e. The van der Waals surface area contributed by atoms with Crippen molar-refractivity contribution in [2.75, 3.05) is 11.9 Å². The van der Waals surface area contributed by atoms with Crippen LogP contribution in [-0.2, 0) is 9.59 Å². The number of rotatable bonds is 5. The second-order valence-electron chi connectivity index (χ2n) is 5.67. The lowest BCUT2D eigenvalue weighted by Gasteiger charge is -2.29. The normalized spacial score (nSPS) is 14.9. The molecule has 0 radical (unpaired) electrons. The number of benzene rings is 1. The molecule has 3 N–H and O–H groups in total. The Balaban J connectivity index is 2.54. The number of aryl methyl sites for hydroxylation is 1. The van der Waals surface area contributed by atoms with Gasteiger partial charge in [-0.15, -0.1) is 0 Å². The van der Waals surface area contributed by atoms with Crippen molar-refractivity contribution in [3.05, 3.63) is 29.8 Å². The number of aliphatic hydroxyl groups is 1. The maximum atomic E-state index is 11.8. The highest BCUT2D eigenvalue weighted by Crippen LogP contribution is 2.18. The molecule has 1 aromatic rings. The zero-order chi connectivity index (χ0) is 16.0. The number of amides is 2. The smallest absolute Gasteiger partial charge is 0.313 e. The summed E-state index contributed by atoms with van der Waals surface area (Å²) in [5.41, 5.74) is 0.533. The summed E-state index contributed by atoms with van der Waals surface area (Å²) >= 11 is 0. The zero-order valence-electron chi connectivity index (χ0n) is 13.1. The van der Waals surface area contributed by atoms with E-state index in [-0.39, 0.29) is 12.5 Å². The van der Waals surface area contributed by atoms with E-state index < -0.39 is 17.4 Å². The summed E-state index contributed by atoms with van der Waals surface area (Å²) in [6.45, 7) is 7.46. The molecule has 2 amide bonds. The molecule has 0 spiro atoms. The molecular weight excluding hydrogens is 268 g/mol. The minimum atomic E-state index is -1.03. The SMILES string of the molecule is CC[C@@H](C)[C@@](C)(O)CNC(=O)C(=O)Nc1cccc(C)c1. The van der Waals surface area contributed by atoms with Gasteiger partial charge in [-0.2, -0.15) is 0 Å². The Hall–Kier alpha value is -1.88. The number of hydrogen-bond acceptors (Lipinski definition) is 3. The van der Waals surface area contributed by atoms with E-state index in [1.165, 1.54) is 0 Å². The van der Waals surface area contributed by atoms with Gasteiger partial charge in [-0.25, -0.2) is 0 Å². The number of carbonyl (C=O) groups excluding carboxylic acids is 2. The molecule has 21 heavy (non-hydrogen) atoms. The van der Waals surface area contributed by atoms with Gasteiger partial charge in [0.25, 0.3) is 0 Å². The Labute approximate surface area is 125 Å². The molecule has 0 heterocycles. The molecule has 0 fully saturated rings. The Morgan fingerprint density at radius 3 is 2.57 bits per heavy atom. The second kappa shape index (κ2) is 7.22. The molecule has 2 atom stereocenters. The first kappa shape index (κ1) is 17.2. The number of anilines is 1. The van der Waals surface area contributed by atoms with Crippen LogP contribution in [0.2, 0.25) is 0 Å². The molecule has 5 heteroatoms. The Kier molecular flexibility index (Phi) is 5.90. The second-order valence-corrected chi connectivity index (χ2v) is 5.67. The van der Waals surface area contributed by atoms with E-state index in [1.807, 2.05) is 26.8 Å². The van der Waals surface area contributed by atoms with E-state index in [9.17, 15) is 14.7 Å². The van der Waals surface area contributed by atoms with Crippen molar-refractivity contribution in [2.45, 2.75) is 39.7 Å². The predicted molar refractivity (Wildman–Crippen MR) is 82.9 cm³/mol. The van der Waals surface area contributed by atoms with Crippen LogP contribution in [0.4, 0.5) is 5.69 Å². The fourth-order valence-electron chi connectivity index (χ4n) is 1.86. The first-order valence-corrected chi connectivity index (χ1v) is 7.14. The average Bonchev–Trinajstić information content (AvgIpc) is 2.43. The van der Waals surface area contributed by atoms with Crippen LogP contribution in [0.5, 0.6) is 0 Å². The Morgan fingerprint density at radius 2 is 2.00 bits per heavy atom. The first-order chi connectivity index (χ1) is 9.76. The third-order valence-corrected chi connectivity index (χ3v) is 3.76. The Morgan fingerprint density at radius 1 is 1.33 bits per heavy atom. The van der Waals surface area contributed by atoms with Crippen LogP contribution in [0.1, 0.15) is 32.8 Å². The highest BCUT2D eigenvalue weighted by Gasteiger charge is 2.28. The highest BCUT2D eigenvalue weighted by atomic mass is 16.3. The van der Waals surface area contributed by atoms with E-state index >= 15 is 0 Å². The predicted octanol–water partition coefficient (Wildman–Crippen LogP) is 1.85. The highest BCUT2D eigenvalue weighted by molar-refractivity contribution is 6.39. The van der Waals surface area contributed by atoms with Crippen molar-refractivity contribution in [1.29, 1.82) is 0 Å². The van der Waals surface area contributed by atoms with E-state index in [2.05, 4.69) is 10.6 Å². The monoisotopic (exact) mass is 292 g/mol. The van der Waals surface area contributed by atoms with Gasteiger partial charge in [-0.1, -0.05) is 32.4 Å². The summed E-state index contributed by atoms with van der Waals surface area (Å²) in [7, 11) is 0. The summed E-state index contributed by atoms with van der Waals surface area (Å²) < 4.78 is 0. The Bertz CT molecular complexity index is 512. The van der Waals surface area contributed by atoms with Gasteiger partial charge in [-0.3, -0.25) is 9.59 Å². The number of hydrogen-bond donors (Lipinski definition) is 3. The van der Waals surface area contributed by atoms with Crippen LogP contribution in [0.3, 0.4) is 0 Å². The lowest BCUT2D eigenvalue weighted by molar-refractivity contribution is -0.137. The van der Waals surface area contributed by atoms with Crippen LogP contribution in [-0.4, -0.2) is 29.1 Å². The summed E-state index contributed by atoms with van der Waals surface area (Å²) in [6, 6.07) is 7.20. The molecule has 5 nitrogen and oxygen atoms in total. The first-order valence-electron chi connectivity index (χ1n) is 7.14. The molecule has 0 aromatic heterocycles. The van der Waals surface area contributed by atoms with Crippen LogP contribution in [0.25, 0.3) is 0 Å². The van der Waals surface area contributed by atoms with Crippen LogP contribution in [0.15, 0.2) is 24.3 Å². The van der Waals surface area contributed by atoms with Gasteiger partial charge < -0.3 is 15.7 Å². The number of carbonyl (C=O) groups is 2. The van der Waals surface area contributed by atoms with Crippen molar-refractivity contribution in [3.63, 3.8) is 0 Å². The van der Waals surface area contributed by atoms with Gasteiger partial charge in [0.1, 0.15) is 0 Å². The molecule has 0 saturated heterocycles. The molecule has 0 unspecified atom stereocenters.